The van der Waals surface area contributed by atoms with Gasteiger partial charge in [-0.2, -0.15) is 0 Å². The highest BCUT2D eigenvalue weighted by Gasteiger charge is 2.06. The fourth-order valence-corrected chi connectivity index (χ4v) is 1.74. The average Bonchev–Trinajstić information content (AvgIpc) is 2.32. The van der Waals surface area contributed by atoms with Gasteiger partial charge in [0, 0.05) is 30.8 Å². The van der Waals surface area contributed by atoms with Crippen molar-refractivity contribution in [2.45, 2.75) is 26.7 Å². The maximum atomic E-state index is 5.45. The van der Waals surface area contributed by atoms with Crippen LogP contribution in [0.25, 0.3) is 0 Å². The summed E-state index contributed by atoms with van der Waals surface area (Å²) < 4.78 is 12.0. The number of hydrogen-bond donors (Lipinski definition) is 1. The number of rotatable bonds is 8. The lowest BCUT2D eigenvalue weighted by Crippen LogP contribution is -2.31. The van der Waals surface area contributed by atoms with Crippen molar-refractivity contribution < 1.29 is 9.47 Å². The molecule has 0 aliphatic carbocycles. The smallest absolute Gasteiger partial charge is 0.169 e. The molecule has 0 saturated carbocycles. The van der Waals surface area contributed by atoms with Crippen LogP contribution in [0.3, 0.4) is 0 Å². The highest BCUT2D eigenvalue weighted by molar-refractivity contribution is 9.10. The predicted molar refractivity (Wildman–Crippen MR) is 72.9 cm³/mol. The summed E-state index contributed by atoms with van der Waals surface area (Å²) in [4.78, 5) is 0. The fourth-order valence-electron chi connectivity index (χ4n) is 1.47. The van der Waals surface area contributed by atoms with E-state index < -0.39 is 0 Å². The van der Waals surface area contributed by atoms with Gasteiger partial charge in [0.1, 0.15) is 0 Å². The fraction of sp³-hybridized carbons (Fsp3) is 0.538. The largest absolute Gasteiger partial charge is 0.352 e. The lowest BCUT2D eigenvalue weighted by atomic mass is 10.2. The van der Waals surface area contributed by atoms with Gasteiger partial charge in [-0.15, -0.1) is 0 Å². The molecule has 0 aliphatic rings. The molecule has 0 aromatic heterocycles. The first-order valence-electron chi connectivity index (χ1n) is 5.94. The molecule has 1 rings (SSSR count). The Morgan fingerprint density at radius 2 is 1.71 bits per heavy atom. The van der Waals surface area contributed by atoms with Crippen LogP contribution in [0.15, 0.2) is 28.7 Å². The molecule has 17 heavy (non-hydrogen) atoms. The van der Waals surface area contributed by atoms with Gasteiger partial charge in [-0.05, 0) is 31.5 Å². The quantitative estimate of drug-likeness (QED) is 0.749. The van der Waals surface area contributed by atoms with Crippen LogP contribution < -0.4 is 5.32 Å². The lowest BCUT2D eigenvalue weighted by Gasteiger charge is -2.17. The van der Waals surface area contributed by atoms with Gasteiger partial charge in [-0.1, -0.05) is 28.1 Å². The Morgan fingerprint density at radius 3 is 2.24 bits per heavy atom. The molecule has 0 atom stereocenters. The third kappa shape index (κ3) is 6.17. The zero-order chi connectivity index (χ0) is 12.5. The van der Waals surface area contributed by atoms with Crippen molar-refractivity contribution in [3.63, 3.8) is 0 Å². The summed E-state index contributed by atoms with van der Waals surface area (Å²) in [5, 5.41) is 3.33. The molecule has 1 aromatic rings. The molecule has 0 unspecified atom stereocenters. The minimum atomic E-state index is -0.152. The number of halogens is 1. The van der Waals surface area contributed by atoms with Crippen molar-refractivity contribution in [3.8, 4) is 0 Å². The predicted octanol–water partition coefficient (Wildman–Crippen LogP) is 2.94. The van der Waals surface area contributed by atoms with Crippen molar-refractivity contribution in [2.75, 3.05) is 19.8 Å². The highest BCUT2D eigenvalue weighted by atomic mass is 79.9. The molecule has 0 bridgehead atoms. The molecule has 0 aliphatic heterocycles. The summed E-state index contributed by atoms with van der Waals surface area (Å²) in [7, 11) is 0. The summed E-state index contributed by atoms with van der Waals surface area (Å²) in [6.45, 7) is 6.82. The molecular weight excluding hydrogens is 282 g/mol. The van der Waals surface area contributed by atoms with Crippen LogP contribution >= 0.6 is 15.9 Å². The van der Waals surface area contributed by atoms with E-state index in [1.165, 1.54) is 5.56 Å². The summed E-state index contributed by atoms with van der Waals surface area (Å²) in [5.41, 5.74) is 1.25. The van der Waals surface area contributed by atoms with Gasteiger partial charge in [0.25, 0.3) is 0 Å². The molecule has 3 nitrogen and oxygen atoms in total. The number of ether oxygens (including phenoxy) is 2. The van der Waals surface area contributed by atoms with E-state index in [1.54, 1.807) is 0 Å². The van der Waals surface area contributed by atoms with Crippen LogP contribution in [0.2, 0.25) is 0 Å². The molecular formula is C13H20BrNO2. The van der Waals surface area contributed by atoms with E-state index in [-0.39, 0.29) is 6.29 Å². The van der Waals surface area contributed by atoms with Crippen LogP contribution in [0, 0.1) is 0 Å². The second-order valence-corrected chi connectivity index (χ2v) is 4.51. The third-order valence-electron chi connectivity index (χ3n) is 2.26. The molecule has 0 fully saturated rings. The Labute approximate surface area is 112 Å². The zero-order valence-electron chi connectivity index (χ0n) is 10.4. The first-order valence-corrected chi connectivity index (χ1v) is 6.74. The van der Waals surface area contributed by atoms with Crippen molar-refractivity contribution >= 4 is 15.9 Å². The van der Waals surface area contributed by atoms with E-state index in [0.717, 1.165) is 11.0 Å². The topological polar surface area (TPSA) is 30.5 Å². The van der Waals surface area contributed by atoms with E-state index in [0.29, 0.717) is 19.8 Å². The van der Waals surface area contributed by atoms with Crippen LogP contribution in [-0.4, -0.2) is 26.0 Å². The van der Waals surface area contributed by atoms with Crippen molar-refractivity contribution in [2.24, 2.45) is 0 Å². The molecule has 0 spiro atoms. The van der Waals surface area contributed by atoms with Crippen molar-refractivity contribution in [3.05, 3.63) is 34.3 Å². The van der Waals surface area contributed by atoms with Crippen LogP contribution in [0.5, 0.6) is 0 Å². The summed E-state index contributed by atoms with van der Waals surface area (Å²) in [5.74, 6) is 0. The van der Waals surface area contributed by atoms with Crippen LogP contribution in [-0.2, 0) is 16.0 Å². The van der Waals surface area contributed by atoms with Gasteiger partial charge in [-0.25, -0.2) is 0 Å². The van der Waals surface area contributed by atoms with E-state index in [9.17, 15) is 0 Å². The van der Waals surface area contributed by atoms with Gasteiger partial charge in [0.15, 0.2) is 6.29 Å². The molecule has 0 amide bonds. The molecule has 0 saturated heterocycles. The van der Waals surface area contributed by atoms with Gasteiger partial charge in [0.05, 0.1) is 0 Å². The maximum Gasteiger partial charge on any atom is 0.169 e. The zero-order valence-corrected chi connectivity index (χ0v) is 12.0. The van der Waals surface area contributed by atoms with E-state index in [4.69, 9.17) is 9.47 Å². The monoisotopic (exact) mass is 301 g/mol. The van der Waals surface area contributed by atoms with Crippen LogP contribution in [0.4, 0.5) is 0 Å². The first-order chi connectivity index (χ1) is 8.26. The Hall–Kier alpha value is -0.420. The van der Waals surface area contributed by atoms with Gasteiger partial charge < -0.3 is 14.8 Å². The molecule has 0 radical (unpaired) electrons. The number of nitrogens with one attached hydrogen (secondary N) is 1. The Bertz CT molecular complexity index is 297. The molecule has 1 aromatic carbocycles. The summed E-state index contributed by atoms with van der Waals surface area (Å²) in [6, 6.07) is 8.26. The third-order valence-corrected chi connectivity index (χ3v) is 2.79. The minimum absolute atomic E-state index is 0.152. The van der Waals surface area contributed by atoms with E-state index >= 15 is 0 Å². The van der Waals surface area contributed by atoms with Crippen LogP contribution in [0.1, 0.15) is 19.4 Å². The standard InChI is InChI=1S/C13H20BrNO2/c1-3-16-13(17-4-2)10-15-9-11-5-7-12(14)8-6-11/h5-8,13,15H,3-4,9-10H2,1-2H3. The van der Waals surface area contributed by atoms with Gasteiger partial charge in [-0.3, -0.25) is 0 Å². The summed E-state index contributed by atoms with van der Waals surface area (Å²) in [6.07, 6.45) is -0.152. The molecule has 1 N–H and O–H groups in total. The SMILES string of the molecule is CCOC(CNCc1ccc(Br)cc1)OCC. The van der Waals surface area contributed by atoms with Crippen molar-refractivity contribution in [1.82, 2.24) is 5.32 Å². The number of benzene rings is 1. The molecule has 96 valence electrons. The normalized spacial score (nSPS) is 11.1. The Morgan fingerprint density at radius 1 is 1.12 bits per heavy atom. The van der Waals surface area contributed by atoms with Gasteiger partial charge >= 0.3 is 0 Å². The summed E-state index contributed by atoms with van der Waals surface area (Å²) >= 11 is 3.42. The molecule has 0 heterocycles. The van der Waals surface area contributed by atoms with Gasteiger partial charge in [0.2, 0.25) is 0 Å². The van der Waals surface area contributed by atoms with E-state index in [1.807, 2.05) is 26.0 Å². The first kappa shape index (κ1) is 14.6. The van der Waals surface area contributed by atoms with E-state index in [2.05, 4.69) is 33.4 Å². The number of hydrogen-bond acceptors (Lipinski definition) is 3. The Kier molecular flexibility index (Phi) is 7.44. The van der Waals surface area contributed by atoms with Crippen molar-refractivity contribution in [1.29, 1.82) is 0 Å². The maximum absolute atomic E-state index is 5.45. The second kappa shape index (κ2) is 8.64. The molecule has 4 heteroatoms. The minimum Gasteiger partial charge on any atom is -0.352 e. The Balaban J connectivity index is 2.27. The second-order valence-electron chi connectivity index (χ2n) is 3.60. The average molecular weight is 302 g/mol. The highest BCUT2D eigenvalue weighted by Crippen LogP contribution is 2.10. The lowest BCUT2D eigenvalue weighted by molar-refractivity contribution is -0.133.